The molecule has 0 radical (unpaired) electrons. The van der Waals surface area contributed by atoms with Crippen LogP contribution in [-0.4, -0.2) is 85.7 Å². The zero-order valence-electron chi connectivity index (χ0n) is 13.0. The standard InChI is InChI=1S/C14H22N6O2/c1-18(2)6-5-15-14(22)12-3-4-13(17-16-12)20-9-7-19(11-21)8-10-20/h3-4,11H,5-10H2,1-2H3,(H,15,22). The van der Waals surface area contributed by atoms with Crippen LogP contribution >= 0.6 is 0 Å². The van der Waals surface area contributed by atoms with E-state index in [-0.39, 0.29) is 5.91 Å². The van der Waals surface area contributed by atoms with Crippen molar-refractivity contribution in [1.29, 1.82) is 0 Å². The van der Waals surface area contributed by atoms with Crippen LogP contribution < -0.4 is 10.2 Å². The Bertz CT molecular complexity index is 497. The number of rotatable bonds is 6. The van der Waals surface area contributed by atoms with E-state index >= 15 is 0 Å². The van der Waals surface area contributed by atoms with Crippen LogP contribution in [0.3, 0.4) is 0 Å². The average molecular weight is 306 g/mol. The summed E-state index contributed by atoms with van der Waals surface area (Å²) in [7, 11) is 3.90. The van der Waals surface area contributed by atoms with Crippen molar-refractivity contribution in [1.82, 2.24) is 25.3 Å². The van der Waals surface area contributed by atoms with E-state index in [0.29, 0.717) is 25.3 Å². The van der Waals surface area contributed by atoms with Gasteiger partial charge in [-0.15, -0.1) is 10.2 Å². The van der Waals surface area contributed by atoms with Gasteiger partial charge in [0.05, 0.1) is 0 Å². The molecule has 1 aliphatic rings. The third-order valence-electron chi connectivity index (χ3n) is 3.52. The molecule has 120 valence electrons. The Balaban J connectivity index is 1.87. The summed E-state index contributed by atoms with van der Waals surface area (Å²) in [5, 5.41) is 10.9. The molecule has 1 fully saturated rings. The molecule has 1 aromatic heterocycles. The van der Waals surface area contributed by atoms with Crippen molar-refractivity contribution in [2.24, 2.45) is 0 Å². The summed E-state index contributed by atoms with van der Waals surface area (Å²) in [5.41, 5.74) is 0.314. The molecular weight excluding hydrogens is 284 g/mol. The number of hydrogen-bond donors (Lipinski definition) is 1. The van der Waals surface area contributed by atoms with Gasteiger partial charge in [0.15, 0.2) is 11.5 Å². The molecule has 8 nitrogen and oxygen atoms in total. The molecule has 1 N–H and O–H groups in total. The minimum absolute atomic E-state index is 0.216. The molecule has 8 heteroatoms. The first-order valence-electron chi connectivity index (χ1n) is 7.31. The smallest absolute Gasteiger partial charge is 0.271 e. The lowest BCUT2D eigenvalue weighted by Gasteiger charge is -2.32. The van der Waals surface area contributed by atoms with E-state index in [1.807, 2.05) is 19.0 Å². The summed E-state index contributed by atoms with van der Waals surface area (Å²) in [5.74, 6) is 0.516. The van der Waals surface area contributed by atoms with Crippen LogP contribution in [0, 0.1) is 0 Å². The summed E-state index contributed by atoms with van der Waals surface area (Å²) in [6.45, 7) is 4.15. The summed E-state index contributed by atoms with van der Waals surface area (Å²) in [4.78, 5) is 28.4. The molecule has 0 aromatic carbocycles. The number of carbonyl (C=O) groups excluding carboxylic acids is 2. The Morgan fingerprint density at radius 2 is 2.00 bits per heavy atom. The van der Waals surface area contributed by atoms with Gasteiger partial charge in [-0.3, -0.25) is 9.59 Å². The second-order valence-electron chi connectivity index (χ2n) is 5.46. The number of likely N-dealkylation sites (N-methyl/N-ethyl adjacent to an activating group) is 1. The first kappa shape index (κ1) is 16.2. The van der Waals surface area contributed by atoms with Gasteiger partial charge >= 0.3 is 0 Å². The Kier molecular flexibility index (Phi) is 5.65. The third-order valence-corrected chi connectivity index (χ3v) is 3.52. The molecule has 0 aliphatic carbocycles. The number of carbonyl (C=O) groups is 2. The van der Waals surface area contributed by atoms with E-state index in [1.54, 1.807) is 17.0 Å². The first-order chi connectivity index (χ1) is 10.6. The van der Waals surface area contributed by atoms with E-state index in [0.717, 1.165) is 31.9 Å². The number of nitrogens with one attached hydrogen (secondary N) is 1. The molecule has 0 unspecified atom stereocenters. The highest BCUT2D eigenvalue weighted by Crippen LogP contribution is 2.12. The lowest BCUT2D eigenvalue weighted by molar-refractivity contribution is -0.118. The molecule has 0 bridgehead atoms. The molecule has 22 heavy (non-hydrogen) atoms. The maximum absolute atomic E-state index is 11.9. The van der Waals surface area contributed by atoms with E-state index < -0.39 is 0 Å². The van der Waals surface area contributed by atoms with Gasteiger partial charge in [0.25, 0.3) is 5.91 Å². The number of piperazine rings is 1. The lowest BCUT2D eigenvalue weighted by Crippen LogP contribution is -2.46. The van der Waals surface area contributed by atoms with Crippen molar-refractivity contribution in [3.05, 3.63) is 17.8 Å². The Hall–Kier alpha value is -2.22. The lowest BCUT2D eigenvalue weighted by atomic mass is 10.3. The quantitative estimate of drug-likeness (QED) is 0.682. The summed E-state index contributed by atoms with van der Waals surface area (Å²) in [6, 6.07) is 3.48. The molecule has 0 atom stereocenters. The van der Waals surface area contributed by atoms with Gasteiger partial charge in [-0.2, -0.15) is 0 Å². The van der Waals surface area contributed by atoms with Crippen molar-refractivity contribution in [2.75, 3.05) is 58.3 Å². The van der Waals surface area contributed by atoms with Crippen LogP contribution in [0.15, 0.2) is 12.1 Å². The average Bonchev–Trinajstić information content (AvgIpc) is 2.54. The van der Waals surface area contributed by atoms with Crippen LogP contribution in [0.1, 0.15) is 10.5 Å². The van der Waals surface area contributed by atoms with E-state index in [4.69, 9.17) is 0 Å². The van der Waals surface area contributed by atoms with Gasteiger partial charge in [0, 0.05) is 39.3 Å². The number of hydrogen-bond acceptors (Lipinski definition) is 6. The minimum atomic E-state index is -0.216. The van der Waals surface area contributed by atoms with Crippen molar-refractivity contribution in [3.63, 3.8) is 0 Å². The maximum atomic E-state index is 11.9. The van der Waals surface area contributed by atoms with E-state index in [9.17, 15) is 9.59 Å². The predicted molar refractivity (Wildman–Crippen MR) is 82.8 cm³/mol. The van der Waals surface area contributed by atoms with Crippen LogP contribution in [0.25, 0.3) is 0 Å². The molecular formula is C14H22N6O2. The van der Waals surface area contributed by atoms with Crippen LogP contribution in [0.5, 0.6) is 0 Å². The van der Waals surface area contributed by atoms with Crippen molar-refractivity contribution < 1.29 is 9.59 Å². The van der Waals surface area contributed by atoms with Crippen molar-refractivity contribution in [2.45, 2.75) is 0 Å². The van der Waals surface area contributed by atoms with Gasteiger partial charge in [0.2, 0.25) is 6.41 Å². The van der Waals surface area contributed by atoms with E-state index in [1.165, 1.54) is 0 Å². The Morgan fingerprint density at radius 3 is 2.55 bits per heavy atom. The highest BCUT2D eigenvalue weighted by molar-refractivity contribution is 5.92. The Morgan fingerprint density at radius 1 is 1.27 bits per heavy atom. The van der Waals surface area contributed by atoms with Crippen LogP contribution in [0.2, 0.25) is 0 Å². The van der Waals surface area contributed by atoms with Gasteiger partial charge in [-0.05, 0) is 26.2 Å². The monoisotopic (exact) mass is 306 g/mol. The zero-order valence-corrected chi connectivity index (χ0v) is 13.0. The molecule has 2 heterocycles. The second kappa shape index (κ2) is 7.69. The van der Waals surface area contributed by atoms with Gasteiger partial charge < -0.3 is 20.0 Å². The summed E-state index contributed by atoms with van der Waals surface area (Å²) >= 11 is 0. The maximum Gasteiger partial charge on any atom is 0.271 e. The van der Waals surface area contributed by atoms with Crippen LogP contribution in [-0.2, 0) is 4.79 Å². The van der Waals surface area contributed by atoms with Crippen molar-refractivity contribution >= 4 is 18.1 Å². The molecule has 0 spiro atoms. The highest BCUT2D eigenvalue weighted by Gasteiger charge is 2.17. The number of aromatic nitrogens is 2. The Labute approximate surface area is 130 Å². The fourth-order valence-corrected chi connectivity index (χ4v) is 2.16. The van der Waals surface area contributed by atoms with E-state index in [2.05, 4.69) is 20.4 Å². The predicted octanol–water partition coefficient (Wildman–Crippen LogP) is -0.954. The number of nitrogens with zero attached hydrogens (tertiary/aromatic N) is 5. The van der Waals surface area contributed by atoms with Gasteiger partial charge in [0.1, 0.15) is 0 Å². The molecule has 1 aliphatic heterocycles. The van der Waals surface area contributed by atoms with Crippen LogP contribution in [0.4, 0.5) is 5.82 Å². The fraction of sp³-hybridized carbons (Fsp3) is 0.571. The minimum Gasteiger partial charge on any atom is -0.352 e. The third kappa shape index (κ3) is 4.39. The van der Waals surface area contributed by atoms with Crippen molar-refractivity contribution in [3.8, 4) is 0 Å². The number of anilines is 1. The molecule has 1 aromatic rings. The second-order valence-corrected chi connectivity index (χ2v) is 5.46. The van der Waals surface area contributed by atoms with Gasteiger partial charge in [-0.25, -0.2) is 0 Å². The highest BCUT2D eigenvalue weighted by atomic mass is 16.2. The SMILES string of the molecule is CN(C)CCNC(=O)c1ccc(N2CCN(C=O)CC2)nn1. The summed E-state index contributed by atoms with van der Waals surface area (Å²) < 4.78 is 0. The topological polar surface area (TPSA) is 81.7 Å². The molecule has 2 amide bonds. The first-order valence-corrected chi connectivity index (χ1v) is 7.31. The normalized spacial score (nSPS) is 15.0. The fourth-order valence-electron chi connectivity index (χ4n) is 2.16. The largest absolute Gasteiger partial charge is 0.352 e. The number of amides is 2. The van der Waals surface area contributed by atoms with Gasteiger partial charge in [-0.1, -0.05) is 0 Å². The molecule has 2 rings (SSSR count). The zero-order chi connectivity index (χ0) is 15.9. The summed E-state index contributed by atoms with van der Waals surface area (Å²) in [6.07, 6.45) is 0.865. The molecule has 1 saturated heterocycles. The molecule has 0 saturated carbocycles.